The molecule has 1 unspecified atom stereocenters. The average molecular weight is 127 g/mol. The molecule has 49 valence electrons. The maximum absolute atomic E-state index is 8.77. The summed E-state index contributed by atoms with van der Waals surface area (Å²) in [6.07, 6.45) is 2.54. The lowest BCUT2D eigenvalue weighted by atomic mass is 10.1. The zero-order valence-corrected chi connectivity index (χ0v) is 4.65. The number of hydrogen-bond donors (Lipinski definition) is 3. The van der Waals surface area contributed by atoms with E-state index >= 15 is 0 Å². The van der Waals surface area contributed by atoms with Crippen molar-refractivity contribution < 1.29 is 15.3 Å². The van der Waals surface area contributed by atoms with Crippen molar-refractivity contribution in [1.29, 1.82) is 0 Å². The van der Waals surface area contributed by atoms with Crippen molar-refractivity contribution in [3.05, 3.63) is 30.1 Å². The van der Waals surface area contributed by atoms with Gasteiger partial charge >= 0.3 is 0 Å². The molecule has 0 amide bonds. The van der Waals surface area contributed by atoms with E-state index in [0.717, 1.165) is 6.08 Å². The zero-order chi connectivity index (χ0) is 6.85. The third-order valence-electron chi connectivity index (χ3n) is 1.05. The van der Waals surface area contributed by atoms with Crippen molar-refractivity contribution in [1.82, 2.24) is 0 Å². The Morgan fingerprint density at radius 1 is 1.33 bits per heavy atom. The fourth-order valence-corrected chi connectivity index (χ4v) is 0.573. The van der Waals surface area contributed by atoms with E-state index in [2.05, 4.69) is 0 Å². The van der Waals surface area contributed by atoms with Gasteiger partial charge in [-0.15, -0.1) is 0 Å². The lowest BCUT2D eigenvalue weighted by molar-refractivity contribution is 0.148. The van der Waals surface area contributed by atoms with Gasteiger partial charge in [-0.2, -0.15) is 0 Å². The molecule has 0 aromatic rings. The standard InChI is InChI=1S/C6H7O3/c7-4-1-2-5(8)6(9)3-4/h1-3,5,7-9H. The topological polar surface area (TPSA) is 60.7 Å². The van der Waals surface area contributed by atoms with Crippen molar-refractivity contribution in [2.24, 2.45) is 0 Å². The third kappa shape index (κ3) is 1.31. The quantitative estimate of drug-likeness (QED) is 0.437. The van der Waals surface area contributed by atoms with E-state index in [1.54, 1.807) is 0 Å². The van der Waals surface area contributed by atoms with Crippen LogP contribution in [0, 0.1) is 6.10 Å². The number of allylic oxidation sites excluding steroid dienone is 1. The molecular weight excluding hydrogens is 120 g/mol. The lowest BCUT2D eigenvalue weighted by Crippen LogP contribution is -2.15. The third-order valence-corrected chi connectivity index (χ3v) is 1.05. The summed E-state index contributed by atoms with van der Waals surface area (Å²) in [7, 11) is 0. The first-order chi connectivity index (χ1) is 4.20. The molecule has 0 bridgehead atoms. The first-order valence-corrected chi connectivity index (χ1v) is 2.53. The van der Waals surface area contributed by atoms with E-state index in [0.29, 0.717) is 0 Å². The Morgan fingerprint density at radius 3 is 2.44 bits per heavy atom. The van der Waals surface area contributed by atoms with E-state index in [9.17, 15) is 0 Å². The Hall–Kier alpha value is -0.800. The largest absolute Gasteiger partial charge is 0.508 e. The molecule has 3 N–H and O–H groups in total. The summed E-state index contributed by atoms with van der Waals surface area (Å²) in [4.78, 5) is 0. The zero-order valence-electron chi connectivity index (χ0n) is 4.65. The molecule has 1 rings (SSSR count). The highest BCUT2D eigenvalue weighted by molar-refractivity contribution is 5.27. The molecule has 0 saturated carbocycles. The second kappa shape index (κ2) is 2.21. The molecule has 1 radical (unpaired) electrons. The number of aliphatic hydroxyl groups excluding tert-OH is 3. The van der Waals surface area contributed by atoms with Gasteiger partial charge in [-0.05, 0) is 18.2 Å². The van der Waals surface area contributed by atoms with Crippen molar-refractivity contribution in [2.45, 2.75) is 6.10 Å². The second-order valence-electron chi connectivity index (χ2n) is 1.80. The molecule has 0 fully saturated rings. The van der Waals surface area contributed by atoms with Crippen LogP contribution in [0.3, 0.4) is 0 Å². The Bertz CT molecular complexity index is 160. The molecule has 9 heavy (non-hydrogen) atoms. The highest BCUT2D eigenvalue weighted by Crippen LogP contribution is 2.13. The van der Waals surface area contributed by atoms with Crippen molar-refractivity contribution in [3.8, 4) is 0 Å². The van der Waals surface area contributed by atoms with Gasteiger partial charge in [0.1, 0.15) is 11.9 Å². The molecule has 3 heteroatoms. The highest BCUT2D eigenvalue weighted by atomic mass is 16.3. The predicted octanol–water partition coefficient (Wildman–Crippen LogP) is 0.263. The summed E-state index contributed by atoms with van der Waals surface area (Å²) in [6.45, 7) is 0. The first-order valence-electron chi connectivity index (χ1n) is 2.53. The summed E-state index contributed by atoms with van der Waals surface area (Å²) in [5, 5.41) is 26.2. The van der Waals surface area contributed by atoms with Gasteiger partial charge in [0.25, 0.3) is 0 Å². The van der Waals surface area contributed by atoms with Gasteiger partial charge in [0.15, 0.2) is 6.10 Å². The maximum Gasteiger partial charge on any atom is 0.151 e. The molecule has 0 heterocycles. The number of hydrogen-bond acceptors (Lipinski definition) is 3. The SMILES string of the molecule is O[C]1C=C(O)C=CC1O. The molecule has 1 aliphatic rings. The van der Waals surface area contributed by atoms with Gasteiger partial charge in [0, 0.05) is 0 Å². The Kier molecular flexibility index (Phi) is 1.55. The van der Waals surface area contributed by atoms with Crippen molar-refractivity contribution in [2.75, 3.05) is 0 Å². The molecular formula is C6H7O3. The minimum atomic E-state index is -0.958. The lowest BCUT2D eigenvalue weighted by Gasteiger charge is -2.12. The van der Waals surface area contributed by atoms with Crippen LogP contribution < -0.4 is 0 Å². The van der Waals surface area contributed by atoms with E-state index < -0.39 is 6.10 Å². The molecule has 0 aromatic heterocycles. The van der Waals surface area contributed by atoms with E-state index in [-0.39, 0.29) is 11.9 Å². The van der Waals surface area contributed by atoms with Gasteiger partial charge in [-0.1, -0.05) is 0 Å². The van der Waals surface area contributed by atoms with Crippen LogP contribution in [0.1, 0.15) is 0 Å². The van der Waals surface area contributed by atoms with Crippen LogP contribution in [0.4, 0.5) is 0 Å². The van der Waals surface area contributed by atoms with Crippen molar-refractivity contribution in [3.63, 3.8) is 0 Å². The summed E-state index contributed by atoms with van der Waals surface area (Å²) < 4.78 is 0. The van der Waals surface area contributed by atoms with E-state index in [1.165, 1.54) is 12.2 Å². The summed E-state index contributed by atoms with van der Waals surface area (Å²) in [5.74, 6) is -0.0437. The minimum Gasteiger partial charge on any atom is -0.508 e. The molecule has 0 spiro atoms. The normalized spacial score (nSPS) is 28.2. The fraction of sp³-hybridized carbons (Fsp3) is 0.167. The summed E-state index contributed by atoms with van der Waals surface area (Å²) >= 11 is 0. The second-order valence-corrected chi connectivity index (χ2v) is 1.80. The molecule has 1 atom stereocenters. The first kappa shape index (κ1) is 6.32. The van der Waals surface area contributed by atoms with E-state index in [4.69, 9.17) is 15.3 Å². The number of rotatable bonds is 0. The van der Waals surface area contributed by atoms with Crippen molar-refractivity contribution >= 4 is 0 Å². The van der Waals surface area contributed by atoms with Crippen LogP contribution in [-0.2, 0) is 0 Å². The average Bonchev–Trinajstić information content (AvgIpc) is 1.80. The van der Waals surface area contributed by atoms with Crippen LogP contribution in [0.5, 0.6) is 0 Å². The number of aliphatic hydroxyl groups is 3. The van der Waals surface area contributed by atoms with Gasteiger partial charge in [-0.25, -0.2) is 0 Å². The van der Waals surface area contributed by atoms with E-state index in [1.807, 2.05) is 0 Å². The Balaban J connectivity index is 2.70. The smallest absolute Gasteiger partial charge is 0.151 e. The van der Waals surface area contributed by atoms with Gasteiger partial charge < -0.3 is 15.3 Å². The molecule has 0 aromatic carbocycles. The molecule has 1 aliphatic carbocycles. The summed E-state index contributed by atoms with van der Waals surface area (Å²) in [6, 6.07) is 0. The van der Waals surface area contributed by atoms with Gasteiger partial charge in [0.2, 0.25) is 0 Å². The Labute approximate surface area is 52.6 Å². The fourth-order valence-electron chi connectivity index (χ4n) is 0.573. The monoisotopic (exact) mass is 127 g/mol. The van der Waals surface area contributed by atoms with Crippen LogP contribution in [-0.4, -0.2) is 21.4 Å². The molecule has 3 nitrogen and oxygen atoms in total. The van der Waals surface area contributed by atoms with Crippen LogP contribution >= 0.6 is 0 Å². The Morgan fingerprint density at radius 2 is 2.00 bits per heavy atom. The molecule has 0 saturated heterocycles. The summed E-state index contributed by atoms with van der Waals surface area (Å²) in [5.41, 5.74) is 0. The predicted molar refractivity (Wildman–Crippen MR) is 31.0 cm³/mol. The van der Waals surface area contributed by atoms with Gasteiger partial charge in [-0.3, -0.25) is 0 Å². The minimum absolute atomic E-state index is 0.0437. The molecule has 0 aliphatic heterocycles. The maximum atomic E-state index is 8.77. The van der Waals surface area contributed by atoms with Crippen LogP contribution in [0.25, 0.3) is 0 Å². The highest BCUT2D eigenvalue weighted by Gasteiger charge is 2.15. The van der Waals surface area contributed by atoms with Gasteiger partial charge in [0.05, 0.1) is 0 Å². The van der Waals surface area contributed by atoms with Crippen LogP contribution in [0.15, 0.2) is 24.0 Å². The van der Waals surface area contributed by atoms with Crippen LogP contribution in [0.2, 0.25) is 0 Å².